The molecule has 6 heteroatoms. The van der Waals surface area contributed by atoms with E-state index < -0.39 is 17.6 Å². The zero-order valence-corrected chi connectivity index (χ0v) is 21.2. The third-order valence-electron chi connectivity index (χ3n) is 8.72. The van der Waals surface area contributed by atoms with Crippen LogP contribution in [-0.4, -0.2) is 57.9 Å². The highest BCUT2D eigenvalue weighted by Crippen LogP contribution is 2.47. The summed E-state index contributed by atoms with van der Waals surface area (Å²) in [6.45, 7) is 7.90. The Morgan fingerprint density at radius 3 is 2.44 bits per heavy atom. The molecule has 4 aliphatic rings. The number of allylic oxidation sites excluding steroid dienone is 2. The molecule has 0 aromatic rings. The number of carbonyl (C=O) groups is 3. The molecule has 2 fully saturated rings. The molecule has 2 amide bonds. The van der Waals surface area contributed by atoms with Gasteiger partial charge in [0.15, 0.2) is 11.5 Å². The Morgan fingerprint density at radius 1 is 1.09 bits per heavy atom. The van der Waals surface area contributed by atoms with Gasteiger partial charge in [-0.2, -0.15) is 0 Å². The molecule has 6 atom stereocenters. The van der Waals surface area contributed by atoms with Gasteiger partial charge in [-0.3, -0.25) is 14.4 Å². The van der Waals surface area contributed by atoms with E-state index in [1.165, 1.54) is 17.4 Å². The van der Waals surface area contributed by atoms with Gasteiger partial charge in [0.25, 0.3) is 5.91 Å². The topological polar surface area (TPSA) is 77.9 Å². The minimum atomic E-state index is -1.68. The van der Waals surface area contributed by atoms with Crippen molar-refractivity contribution in [3.8, 4) is 0 Å². The summed E-state index contributed by atoms with van der Waals surface area (Å²) in [6.07, 6.45) is 14.5. The minimum absolute atomic E-state index is 0.0710. The maximum atomic E-state index is 13.8. The van der Waals surface area contributed by atoms with Gasteiger partial charge in [0, 0.05) is 25.6 Å². The van der Waals surface area contributed by atoms with Crippen molar-refractivity contribution in [1.82, 2.24) is 9.80 Å². The molecular formula is C28H42N2O4. The van der Waals surface area contributed by atoms with E-state index in [0.29, 0.717) is 32.0 Å². The third-order valence-corrected chi connectivity index (χ3v) is 8.72. The number of aliphatic hydroxyl groups is 1. The molecular weight excluding hydrogens is 428 g/mol. The summed E-state index contributed by atoms with van der Waals surface area (Å²) in [5, 5.41) is 11.7. The van der Waals surface area contributed by atoms with Gasteiger partial charge in [-0.1, -0.05) is 58.6 Å². The van der Waals surface area contributed by atoms with Crippen molar-refractivity contribution in [2.24, 2.45) is 29.6 Å². The summed E-state index contributed by atoms with van der Waals surface area (Å²) in [4.78, 5) is 43.9. The summed E-state index contributed by atoms with van der Waals surface area (Å²) >= 11 is 0. The Morgan fingerprint density at radius 2 is 1.76 bits per heavy atom. The predicted molar refractivity (Wildman–Crippen MR) is 131 cm³/mol. The van der Waals surface area contributed by atoms with Gasteiger partial charge < -0.3 is 14.9 Å². The van der Waals surface area contributed by atoms with E-state index in [0.717, 1.165) is 44.9 Å². The molecule has 1 N–H and O–H groups in total. The highest BCUT2D eigenvalue weighted by Gasteiger charge is 2.58. The van der Waals surface area contributed by atoms with Gasteiger partial charge in [-0.05, 0) is 55.9 Å². The number of carbonyl (C=O) groups excluding carboxylic acids is 3. The molecule has 0 spiro atoms. The molecule has 0 radical (unpaired) electrons. The summed E-state index contributed by atoms with van der Waals surface area (Å²) in [6, 6.07) is 0. The van der Waals surface area contributed by atoms with Gasteiger partial charge in [-0.15, -0.1) is 0 Å². The number of amides is 2. The van der Waals surface area contributed by atoms with Gasteiger partial charge in [0.05, 0.1) is 11.5 Å². The molecule has 1 saturated carbocycles. The zero-order chi connectivity index (χ0) is 24.5. The van der Waals surface area contributed by atoms with Crippen molar-refractivity contribution in [2.75, 3.05) is 19.6 Å². The number of unbranched alkanes of at least 4 members (excludes halogenated alkanes) is 2. The summed E-state index contributed by atoms with van der Waals surface area (Å²) in [7, 11) is 0. The highest BCUT2D eigenvalue weighted by molar-refractivity contribution is 6.22. The molecule has 2 aliphatic carbocycles. The van der Waals surface area contributed by atoms with Crippen molar-refractivity contribution in [2.45, 2.75) is 84.3 Å². The lowest BCUT2D eigenvalue weighted by Gasteiger charge is -2.40. The van der Waals surface area contributed by atoms with Crippen molar-refractivity contribution in [1.29, 1.82) is 0 Å². The first-order chi connectivity index (χ1) is 16.3. The van der Waals surface area contributed by atoms with Crippen LogP contribution >= 0.6 is 0 Å². The second-order valence-corrected chi connectivity index (χ2v) is 10.9. The van der Waals surface area contributed by atoms with Gasteiger partial charge >= 0.3 is 0 Å². The van der Waals surface area contributed by atoms with Crippen LogP contribution < -0.4 is 0 Å². The van der Waals surface area contributed by atoms with Crippen molar-refractivity contribution >= 4 is 17.6 Å². The summed E-state index contributed by atoms with van der Waals surface area (Å²) < 4.78 is 0. The molecule has 0 bridgehead atoms. The Balaban J connectivity index is 1.58. The first-order valence-corrected chi connectivity index (χ1v) is 13.6. The highest BCUT2D eigenvalue weighted by atomic mass is 16.3. The number of hydrogen-bond donors (Lipinski definition) is 1. The van der Waals surface area contributed by atoms with Crippen LogP contribution in [0, 0.1) is 29.6 Å². The van der Waals surface area contributed by atoms with E-state index >= 15 is 0 Å². The molecule has 2 heterocycles. The molecule has 34 heavy (non-hydrogen) atoms. The lowest BCUT2D eigenvalue weighted by Crippen LogP contribution is -2.51. The smallest absolute Gasteiger partial charge is 0.259 e. The standard InChI is InChI=1S/C28H42N2O4/c1-4-6-15-29(16-7-5-2)27(33)23-14-17-30-26(32)22(18-28(23,30)34)25(31)24-19(3)12-13-20-10-8-9-11-21(20)24/h12-13,18-21,23-24,34H,4-11,14-17H2,1-3H3/t19-,20+,21-,23-,24?,28-/m0/s1. The van der Waals surface area contributed by atoms with E-state index in [-0.39, 0.29) is 35.0 Å². The molecule has 1 unspecified atom stereocenters. The summed E-state index contributed by atoms with van der Waals surface area (Å²) in [5.41, 5.74) is -1.58. The van der Waals surface area contributed by atoms with E-state index in [9.17, 15) is 19.5 Å². The lowest BCUT2D eigenvalue weighted by atomic mass is 9.63. The lowest BCUT2D eigenvalue weighted by molar-refractivity contribution is -0.152. The molecule has 0 aromatic carbocycles. The largest absolute Gasteiger partial charge is 0.366 e. The first kappa shape index (κ1) is 25.2. The average molecular weight is 471 g/mol. The van der Waals surface area contributed by atoms with Crippen LogP contribution in [0.2, 0.25) is 0 Å². The third kappa shape index (κ3) is 4.38. The first-order valence-electron chi connectivity index (χ1n) is 13.6. The number of ketones is 1. The number of fused-ring (bicyclic) bond motifs is 2. The number of Topliss-reactive ketones (excluding diaryl/α,β-unsaturated/α-hetero) is 1. The van der Waals surface area contributed by atoms with Crippen molar-refractivity contribution in [3.63, 3.8) is 0 Å². The molecule has 188 valence electrons. The Kier molecular flexibility index (Phi) is 7.66. The van der Waals surface area contributed by atoms with E-state index in [1.54, 1.807) is 0 Å². The fourth-order valence-electron chi connectivity index (χ4n) is 6.75. The molecule has 1 saturated heterocycles. The normalized spacial score (nSPS) is 34.6. The number of nitrogens with zero attached hydrogens (tertiary/aromatic N) is 2. The summed E-state index contributed by atoms with van der Waals surface area (Å²) in [5.74, 6) is -0.829. The zero-order valence-electron chi connectivity index (χ0n) is 21.2. The molecule has 0 aromatic heterocycles. The van der Waals surface area contributed by atoms with E-state index in [1.807, 2.05) is 4.90 Å². The molecule has 6 nitrogen and oxygen atoms in total. The average Bonchev–Trinajstić information content (AvgIpc) is 3.30. The van der Waals surface area contributed by atoms with Crippen molar-refractivity contribution in [3.05, 3.63) is 23.8 Å². The van der Waals surface area contributed by atoms with Crippen LogP contribution in [0.5, 0.6) is 0 Å². The van der Waals surface area contributed by atoms with Crippen molar-refractivity contribution < 1.29 is 19.5 Å². The van der Waals surface area contributed by atoms with Crippen LogP contribution in [-0.2, 0) is 14.4 Å². The monoisotopic (exact) mass is 470 g/mol. The Bertz CT molecular complexity index is 856. The predicted octanol–water partition coefficient (Wildman–Crippen LogP) is 4.09. The minimum Gasteiger partial charge on any atom is -0.366 e. The Hall–Kier alpha value is -1.95. The quantitative estimate of drug-likeness (QED) is 0.407. The van der Waals surface area contributed by atoms with Crippen LogP contribution in [0.3, 0.4) is 0 Å². The van der Waals surface area contributed by atoms with E-state index in [2.05, 4.69) is 32.9 Å². The molecule has 2 aliphatic heterocycles. The number of rotatable bonds is 9. The van der Waals surface area contributed by atoms with E-state index in [4.69, 9.17) is 0 Å². The molecule has 4 rings (SSSR count). The second-order valence-electron chi connectivity index (χ2n) is 10.9. The fraction of sp³-hybridized carbons (Fsp3) is 0.750. The second kappa shape index (κ2) is 10.3. The maximum Gasteiger partial charge on any atom is 0.259 e. The van der Waals surface area contributed by atoms with Crippen LogP contribution in [0.1, 0.15) is 78.6 Å². The van der Waals surface area contributed by atoms with Gasteiger partial charge in [0.1, 0.15) is 0 Å². The van der Waals surface area contributed by atoms with Crippen LogP contribution in [0.15, 0.2) is 23.8 Å². The fourth-order valence-corrected chi connectivity index (χ4v) is 6.75. The van der Waals surface area contributed by atoms with Crippen LogP contribution in [0.25, 0.3) is 0 Å². The SMILES string of the molecule is CCCCN(CCCC)C(=O)[C@@H]1CCN2C(=O)C(C(=O)C3[C@H]4CCCC[C@@H]4C=C[C@@H]3C)=C[C@]12O. The van der Waals surface area contributed by atoms with Gasteiger partial charge in [-0.25, -0.2) is 0 Å². The maximum absolute atomic E-state index is 13.8. The number of hydrogen-bond acceptors (Lipinski definition) is 4. The van der Waals surface area contributed by atoms with Gasteiger partial charge in [0.2, 0.25) is 5.91 Å². The van der Waals surface area contributed by atoms with Crippen LogP contribution in [0.4, 0.5) is 0 Å². The Labute approximate surface area is 204 Å².